The monoisotopic (exact) mass is 273 g/mol. The van der Waals surface area contributed by atoms with E-state index < -0.39 is 0 Å². The molecule has 1 unspecified atom stereocenters. The summed E-state index contributed by atoms with van der Waals surface area (Å²) >= 11 is 0. The molecule has 20 heavy (non-hydrogen) atoms. The highest BCUT2D eigenvalue weighted by atomic mass is 16.5. The van der Waals surface area contributed by atoms with Crippen LogP contribution in [-0.4, -0.2) is 19.2 Å². The predicted molar refractivity (Wildman–Crippen MR) is 77.7 cm³/mol. The molecule has 0 saturated carbocycles. The minimum Gasteiger partial charge on any atom is -0.497 e. The van der Waals surface area contributed by atoms with Crippen LogP contribution in [0.3, 0.4) is 0 Å². The zero-order valence-corrected chi connectivity index (χ0v) is 11.9. The number of methoxy groups -OCH3 is 2. The van der Waals surface area contributed by atoms with Crippen LogP contribution in [0.1, 0.15) is 22.9 Å². The van der Waals surface area contributed by atoms with E-state index in [0.717, 1.165) is 28.3 Å². The van der Waals surface area contributed by atoms with Crippen LogP contribution in [-0.2, 0) is 0 Å². The van der Waals surface area contributed by atoms with Gasteiger partial charge in [-0.3, -0.25) is 10.8 Å². The summed E-state index contributed by atoms with van der Waals surface area (Å²) in [6, 6.07) is 9.30. The largest absolute Gasteiger partial charge is 0.497 e. The Kier molecular flexibility index (Phi) is 4.55. The quantitative estimate of drug-likeness (QED) is 0.644. The average molecular weight is 273 g/mol. The lowest BCUT2D eigenvalue weighted by Gasteiger charge is -2.21. The normalized spacial score (nSPS) is 12.0. The van der Waals surface area contributed by atoms with Crippen LogP contribution in [0, 0.1) is 6.92 Å². The Hall–Kier alpha value is -2.11. The van der Waals surface area contributed by atoms with Crippen molar-refractivity contribution in [1.29, 1.82) is 0 Å². The SMILES string of the molecule is COc1ccc(OC)c(C(NN)c2cccnc2C)c1. The maximum absolute atomic E-state index is 5.75. The van der Waals surface area contributed by atoms with Crippen molar-refractivity contribution in [1.82, 2.24) is 10.4 Å². The number of hydrogen-bond donors (Lipinski definition) is 2. The third kappa shape index (κ3) is 2.74. The van der Waals surface area contributed by atoms with E-state index in [1.807, 2.05) is 37.3 Å². The first-order valence-corrected chi connectivity index (χ1v) is 6.30. The maximum atomic E-state index is 5.75. The van der Waals surface area contributed by atoms with Crippen LogP contribution in [0.15, 0.2) is 36.5 Å². The van der Waals surface area contributed by atoms with Gasteiger partial charge < -0.3 is 9.47 Å². The molecule has 0 aliphatic rings. The zero-order valence-electron chi connectivity index (χ0n) is 11.9. The van der Waals surface area contributed by atoms with Crippen molar-refractivity contribution in [3.05, 3.63) is 53.3 Å². The van der Waals surface area contributed by atoms with Gasteiger partial charge in [-0.1, -0.05) is 6.07 Å². The van der Waals surface area contributed by atoms with E-state index in [-0.39, 0.29) is 6.04 Å². The molecule has 106 valence electrons. The number of pyridine rings is 1. The summed E-state index contributed by atoms with van der Waals surface area (Å²) in [6.07, 6.45) is 1.76. The Morgan fingerprint density at radius 1 is 1.15 bits per heavy atom. The van der Waals surface area contributed by atoms with Crippen molar-refractivity contribution in [3.63, 3.8) is 0 Å². The van der Waals surface area contributed by atoms with Crippen LogP contribution < -0.4 is 20.7 Å². The summed E-state index contributed by atoms with van der Waals surface area (Å²) in [5.74, 6) is 7.25. The smallest absolute Gasteiger partial charge is 0.124 e. The van der Waals surface area contributed by atoms with Gasteiger partial charge in [0.15, 0.2) is 0 Å². The highest BCUT2D eigenvalue weighted by molar-refractivity contribution is 5.46. The molecule has 5 heteroatoms. The average Bonchev–Trinajstić information content (AvgIpc) is 2.49. The molecule has 1 heterocycles. The predicted octanol–water partition coefficient (Wildman–Crippen LogP) is 1.96. The van der Waals surface area contributed by atoms with Gasteiger partial charge in [-0.15, -0.1) is 0 Å². The molecule has 0 bridgehead atoms. The molecule has 2 rings (SSSR count). The van der Waals surface area contributed by atoms with Gasteiger partial charge in [0.1, 0.15) is 11.5 Å². The number of nitrogens with zero attached hydrogens (tertiary/aromatic N) is 1. The molecule has 5 nitrogen and oxygen atoms in total. The molecule has 0 saturated heterocycles. The Labute approximate surface area is 118 Å². The lowest BCUT2D eigenvalue weighted by atomic mass is 9.97. The van der Waals surface area contributed by atoms with Crippen LogP contribution in [0.5, 0.6) is 11.5 Å². The van der Waals surface area contributed by atoms with Gasteiger partial charge in [0.25, 0.3) is 0 Å². The molecular formula is C15H19N3O2. The highest BCUT2D eigenvalue weighted by Gasteiger charge is 2.19. The summed E-state index contributed by atoms with van der Waals surface area (Å²) in [7, 11) is 3.26. The Bertz CT molecular complexity index is 587. The molecule has 0 spiro atoms. The van der Waals surface area contributed by atoms with E-state index in [1.54, 1.807) is 20.4 Å². The summed E-state index contributed by atoms with van der Waals surface area (Å²) in [4.78, 5) is 4.30. The lowest BCUT2D eigenvalue weighted by molar-refractivity contribution is 0.394. The highest BCUT2D eigenvalue weighted by Crippen LogP contribution is 2.33. The summed E-state index contributed by atoms with van der Waals surface area (Å²) in [5.41, 5.74) is 5.65. The Morgan fingerprint density at radius 3 is 2.55 bits per heavy atom. The van der Waals surface area contributed by atoms with Gasteiger partial charge in [0, 0.05) is 17.5 Å². The van der Waals surface area contributed by atoms with Gasteiger partial charge in [-0.2, -0.15) is 0 Å². The third-order valence-electron chi connectivity index (χ3n) is 3.27. The van der Waals surface area contributed by atoms with E-state index in [1.165, 1.54) is 0 Å². The molecule has 3 N–H and O–H groups in total. The van der Waals surface area contributed by atoms with Crippen molar-refractivity contribution < 1.29 is 9.47 Å². The molecule has 1 aromatic carbocycles. The number of aryl methyl sites for hydroxylation is 1. The second-order valence-corrected chi connectivity index (χ2v) is 4.39. The van der Waals surface area contributed by atoms with E-state index >= 15 is 0 Å². The molecule has 0 aliphatic heterocycles. The van der Waals surface area contributed by atoms with Crippen molar-refractivity contribution in [2.24, 2.45) is 5.84 Å². The van der Waals surface area contributed by atoms with Gasteiger partial charge in [-0.05, 0) is 36.8 Å². The minimum atomic E-state index is -0.214. The molecular weight excluding hydrogens is 254 g/mol. The van der Waals surface area contributed by atoms with Crippen molar-refractivity contribution >= 4 is 0 Å². The first-order chi connectivity index (χ1) is 9.71. The third-order valence-corrected chi connectivity index (χ3v) is 3.27. The first kappa shape index (κ1) is 14.3. The van der Waals surface area contributed by atoms with E-state index in [9.17, 15) is 0 Å². The van der Waals surface area contributed by atoms with E-state index in [0.29, 0.717) is 0 Å². The van der Waals surface area contributed by atoms with Crippen LogP contribution in [0.2, 0.25) is 0 Å². The zero-order chi connectivity index (χ0) is 14.5. The standard InChI is InChI=1S/C15H19N3O2/c1-10-12(5-4-8-17-10)15(18-16)13-9-11(19-2)6-7-14(13)20-3/h4-9,15,18H,16H2,1-3H3. The summed E-state index contributed by atoms with van der Waals surface area (Å²) < 4.78 is 10.7. The topological polar surface area (TPSA) is 69.4 Å². The van der Waals surface area contributed by atoms with Crippen LogP contribution in [0.4, 0.5) is 0 Å². The number of hydrazine groups is 1. The van der Waals surface area contributed by atoms with Crippen molar-refractivity contribution in [3.8, 4) is 11.5 Å². The fourth-order valence-corrected chi connectivity index (χ4v) is 2.21. The Morgan fingerprint density at radius 2 is 1.95 bits per heavy atom. The Balaban J connectivity index is 2.54. The number of nitrogens with two attached hydrogens (primary N) is 1. The number of rotatable bonds is 5. The van der Waals surface area contributed by atoms with Crippen LogP contribution in [0.25, 0.3) is 0 Å². The molecule has 0 amide bonds. The lowest BCUT2D eigenvalue weighted by Crippen LogP contribution is -2.30. The molecule has 1 aromatic heterocycles. The van der Waals surface area contributed by atoms with Gasteiger partial charge in [-0.25, -0.2) is 5.43 Å². The second-order valence-electron chi connectivity index (χ2n) is 4.39. The first-order valence-electron chi connectivity index (χ1n) is 6.30. The van der Waals surface area contributed by atoms with E-state index in [2.05, 4.69) is 10.4 Å². The molecule has 1 atom stereocenters. The maximum Gasteiger partial charge on any atom is 0.124 e. The number of hydrogen-bond acceptors (Lipinski definition) is 5. The molecule has 2 aromatic rings. The number of benzene rings is 1. The van der Waals surface area contributed by atoms with Crippen LogP contribution >= 0.6 is 0 Å². The van der Waals surface area contributed by atoms with E-state index in [4.69, 9.17) is 15.3 Å². The minimum absolute atomic E-state index is 0.214. The molecule has 0 fully saturated rings. The van der Waals surface area contributed by atoms with Crippen molar-refractivity contribution in [2.45, 2.75) is 13.0 Å². The second kappa shape index (κ2) is 6.36. The fourth-order valence-electron chi connectivity index (χ4n) is 2.21. The number of nitrogens with one attached hydrogen (secondary N) is 1. The fraction of sp³-hybridized carbons (Fsp3) is 0.267. The summed E-state index contributed by atoms with van der Waals surface area (Å²) in [5, 5.41) is 0. The van der Waals surface area contributed by atoms with Gasteiger partial charge in [0.2, 0.25) is 0 Å². The number of ether oxygens (including phenoxy) is 2. The molecule has 0 radical (unpaired) electrons. The molecule has 0 aliphatic carbocycles. The number of aromatic nitrogens is 1. The van der Waals surface area contributed by atoms with Gasteiger partial charge in [0.05, 0.1) is 20.3 Å². The van der Waals surface area contributed by atoms with Gasteiger partial charge >= 0.3 is 0 Å². The summed E-state index contributed by atoms with van der Waals surface area (Å²) in [6.45, 7) is 1.95. The van der Waals surface area contributed by atoms with Crippen molar-refractivity contribution in [2.75, 3.05) is 14.2 Å².